The average molecular weight is 271 g/mol. The van der Waals surface area contributed by atoms with E-state index >= 15 is 0 Å². The van der Waals surface area contributed by atoms with Gasteiger partial charge >= 0.3 is 0 Å². The number of methoxy groups -OCH3 is 1. The molecule has 2 aromatic rings. The van der Waals surface area contributed by atoms with E-state index in [1.165, 1.54) is 23.1 Å². The van der Waals surface area contributed by atoms with Crippen LogP contribution in [0.3, 0.4) is 0 Å². The highest BCUT2D eigenvalue weighted by atomic mass is 16.5. The summed E-state index contributed by atoms with van der Waals surface area (Å²) < 4.78 is 7.16. The number of benzene rings is 1. The van der Waals surface area contributed by atoms with Crippen LogP contribution in [0.25, 0.3) is 0 Å². The Morgan fingerprint density at radius 2 is 2.30 bits per heavy atom. The average Bonchev–Trinajstić information content (AvgIpc) is 2.90. The molecular formula is C16H21N3O. The van der Waals surface area contributed by atoms with Crippen LogP contribution < -0.4 is 10.1 Å². The lowest BCUT2D eigenvalue weighted by atomic mass is 9.88. The van der Waals surface area contributed by atoms with E-state index < -0.39 is 0 Å². The van der Waals surface area contributed by atoms with Crippen molar-refractivity contribution >= 4 is 0 Å². The lowest BCUT2D eigenvalue weighted by molar-refractivity contribution is 0.411. The molecule has 0 fully saturated rings. The molecule has 0 amide bonds. The van der Waals surface area contributed by atoms with E-state index in [0.717, 1.165) is 25.1 Å². The Morgan fingerprint density at radius 3 is 3.05 bits per heavy atom. The number of hydrogen-bond acceptors (Lipinski definition) is 3. The first-order valence-corrected chi connectivity index (χ1v) is 7.11. The second-order valence-corrected chi connectivity index (χ2v) is 5.48. The van der Waals surface area contributed by atoms with Crippen LogP contribution in [0.15, 0.2) is 30.6 Å². The lowest BCUT2D eigenvalue weighted by Gasteiger charge is -2.25. The van der Waals surface area contributed by atoms with Crippen LogP contribution in [0, 0.1) is 0 Å². The maximum absolute atomic E-state index is 5.32. The normalized spacial score (nSPS) is 17.8. The van der Waals surface area contributed by atoms with Crippen molar-refractivity contribution in [1.82, 2.24) is 15.1 Å². The summed E-state index contributed by atoms with van der Waals surface area (Å²) in [4.78, 5) is 0. The minimum Gasteiger partial charge on any atom is -0.497 e. The molecule has 0 saturated carbocycles. The Hall–Kier alpha value is -1.81. The summed E-state index contributed by atoms with van der Waals surface area (Å²) in [5.41, 5.74) is 4.12. The molecule has 1 N–H and O–H groups in total. The van der Waals surface area contributed by atoms with E-state index in [1.54, 1.807) is 7.11 Å². The van der Waals surface area contributed by atoms with Crippen LogP contribution in [-0.2, 0) is 26.4 Å². The molecular weight excluding hydrogens is 250 g/mol. The molecule has 3 rings (SSSR count). The summed E-state index contributed by atoms with van der Waals surface area (Å²) in [5.74, 6) is 0.955. The molecule has 1 atom stereocenters. The molecule has 1 aromatic carbocycles. The standard InChI is InChI=1S/C16H21N3O/c1-19-11-12(10-18-19)9-17-15-5-3-13-4-6-16(20-2)8-14(13)7-15/h4,6,8,10-11,15,17H,3,5,7,9H2,1-2H3. The Morgan fingerprint density at radius 1 is 1.40 bits per heavy atom. The third-order valence-electron chi connectivity index (χ3n) is 4.00. The topological polar surface area (TPSA) is 39.1 Å². The molecule has 1 aliphatic carbocycles. The predicted octanol–water partition coefficient (Wildman–Crippen LogP) is 2.08. The second kappa shape index (κ2) is 5.67. The van der Waals surface area contributed by atoms with E-state index in [-0.39, 0.29) is 0 Å². The number of fused-ring (bicyclic) bond motifs is 1. The molecule has 1 aliphatic rings. The predicted molar refractivity (Wildman–Crippen MR) is 78.9 cm³/mol. The van der Waals surface area contributed by atoms with Crippen LogP contribution in [0.4, 0.5) is 0 Å². The van der Waals surface area contributed by atoms with Crippen molar-refractivity contribution in [2.45, 2.75) is 31.8 Å². The maximum Gasteiger partial charge on any atom is 0.119 e. The number of hydrogen-bond donors (Lipinski definition) is 1. The largest absolute Gasteiger partial charge is 0.497 e. The molecule has 1 heterocycles. The molecule has 0 bridgehead atoms. The third kappa shape index (κ3) is 2.85. The van der Waals surface area contributed by atoms with Gasteiger partial charge in [-0.25, -0.2) is 0 Å². The quantitative estimate of drug-likeness (QED) is 0.925. The van der Waals surface area contributed by atoms with Gasteiger partial charge in [0.2, 0.25) is 0 Å². The Kier molecular flexibility index (Phi) is 3.74. The molecule has 20 heavy (non-hydrogen) atoms. The number of nitrogens with zero attached hydrogens (tertiary/aromatic N) is 2. The maximum atomic E-state index is 5.32. The Labute approximate surface area is 119 Å². The van der Waals surface area contributed by atoms with Gasteiger partial charge in [0, 0.05) is 31.4 Å². The molecule has 0 aliphatic heterocycles. The van der Waals surface area contributed by atoms with Crippen LogP contribution in [-0.4, -0.2) is 22.9 Å². The smallest absolute Gasteiger partial charge is 0.119 e. The minimum atomic E-state index is 0.537. The van der Waals surface area contributed by atoms with Gasteiger partial charge in [0.15, 0.2) is 0 Å². The molecule has 4 nitrogen and oxygen atoms in total. The molecule has 4 heteroatoms. The summed E-state index contributed by atoms with van der Waals surface area (Å²) in [5, 5.41) is 7.83. The fourth-order valence-electron chi connectivity index (χ4n) is 2.86. The third-order valence-corrected chi connectivity index (χ3v) is 4.00. The van der Waals surface area contributed by atoms with Crippen molar-refractivity contribution < 1.29 is 4.74 Å². The minimum absolute atomic E-state index is 0.537. The van der Waals surface area contributed by atoms with Gasteiger partial charge in [0.25, 0.3) is 0 Å². The SMILES string of the molecule is COc1ccc2c(c1)CC(NCc1cnn(C)c1)CC2. The highest BCUT2D eigenvalue weighted by Crippen LogP contribution is 2.25. The summed E-state index contributed by atoms with van der Waals surface area (Å²) in [7, 11) is 3.68. The number of ether oxygens (including phenoxy) is 1. The highest BCUT2D eigenvalue weighted by Gasteiger charge is 2.18. The zero-order chi connectivity index (χ0) is 13.9. The van der Waals surface area contributed by atoms with Crippen molar-refractivity contribution in [2.75, 3.05) is 7.11 Å². The van der Waals surface area contributed by atoms with Crippen LogP contribution in [0.1, 0.15) is 23.1 Å². The summed E-state index contributed by atoms with van der Waals surface area (Å²) in [6, 6.07) is 6.97. The van der Waals surface area contributed by atoms with Crippen LogP contribution >= 0.6 is 0 Å². The van der Waals surface area contributed by atoms with Gasteiger partial charge in [-0.1, -0.05) is 6.07 Å². The van der Waals surface area contributed by atoms with E-state index in [0.29, 0.717) is 6.04 Å². The van der Waals surface area contributed by atoms with Crippen molar-refractivity contribution in [1.29, 1.82) is 0 Å². The van der Waals surface area contributed by atoms with Crippen molar-refractivity contribution in [3.05, 3.63) is 47.3 Å². The first-order valence-electron chi connectivity index (χ1n) is 7.11. The van der Waals surface area contributed by atoms with Gasteiger partial charge in [0.1, 0.15) is 5.75 Å². The number of aryl methyl sites for hydroxylation is 2. The van der Waals surface area contributed by atoms with Gasteiger partial charge < -0.3 is 10.1 Å². The van der Waals surface area contributed by atoms with E-state index in [1.807, 2.05) is 17.9 Å². The van der Waals surface area contributed by atoms with E-state index in [4.69, 9.17) is 4.74 Å². The zero-order valence-electron chi connectivity index (χ0n) is 12.1. The van der Waals surface area contributed by atoms with Gasteiger partial charge in [-0.15, -0.1) is 0 Å². The highest BCUT2D eigenvalue weighted by molar-refractivity contribution is 5.37. The van der Waals surface area contributed by atoms with E-state index in [9.17, 15) is 0 Å². The molecule has 0 saturated heterocycles. The monoisotopic (exact) mass is 271 g/mol. The fourth-order valence-corrected chi connectivity index (χ4v) is 2.86. The lowest BCUT2D eigenvalue weighted by Crippen LogP contribution is -2.34. The van der Waals surface area contributed by atoms with Gasteiger partial charge in [-0.05, 0) is 42.5 Å². The Bertz CT molecular complexity index is 591. The molecule has 106 valence electrons. The first kappa shape index (κ1) is 13.2. The molecule has 1 aromatic heterocycles. The van der Waals surface area contributed by atoms with Crippen LogP contribution in [0.2, 0.25) is 0 Å². The Balaban J connectivity index is 1.62. The number of rotatable bonds is 4. The fraction of sp³-hybridized carbons (Fsp3) is 0.438. The second-order valence-electron chi connectivity index (χ2n) is 5.48. The molecule has 0 radical (unpaired) electrons. The van der Waals surface area contributed by atoms with Gasteiger partial charge in [0.05, 0.1) is 13.3 Å². The van der Waals surface area contributed by atoms with Crippen LogP contribution in [0.5, 0.6) is 5.75 Å². The summed E-state index contributed by atoms with van der Waals surface area (Å²) in [6.07, 6.45) is 7.40. The zero-order valence-corrected chi connectivity index (χ0v) is 12.1. The van der Waals surface area contributed by atoms with Gasteiger partial charge in [-0.3, -0.25) is 4.68 Å². The number of nitrogens with one attached hydrogen (secondary N) is 1. The number of aromatic nitrogens is 2. The molecule has 0 spiro atoms. The van der Waals surface area contributed by atoms with Crippen molar-refractivity contribution in [2.24, 2.45) is 7.05 Å². The first-order chi connectivity index (χ1) is 9.74. The van der Waals surface area contributed by atoms with E-state index in [2.05, 4.69) is 34.8 Å². The van der Waals surface area contributed by atoms with Crippen molar-refractivity contribution in [3.8, 4) is 5.75 Å². The molecule has 1 unspecified atom stereocenters. The van der Waals surface area contributed by atoms with Gasteiger partial charge in [-0.2, -0.15) is 5.10 Å². The summed E-state index contributed by atoms with van der Waals surface area (Å²) >= 11 is 0. The summed E-state index contributed by atoms with van der Waals surface area (Å²) in [6.45, 7) is 0.887. The van der Waals surface area contributed by atoms with Crippen molar-refractivity contribution in [3.63, 3.8) is 0 Å².